The number of rotatable bonds is 9. The molecule has 106 heavy (non-hydrogen) atoms. The van der Waals surface area contributed by atoms with E-state index in [1.165, 1.54) is 109 Å². The summed E-state index contributed by atoms with van der Waals surface area (Å²) in [4.78, 5) is 43.3. The molecule has 10 aromatic carbocycles. The maximum absolute atomic E-state index is 9.37. The Morgan fingerprint density at radius 1 is 0.255 bits per heavy atom. The summed E-state index contributed by atoms with van der Waals surface area (Å²) in [6, 6.07) is 87.0. The van der Waals surface area contributed by atoms with Crippen LogP contribution in [0.2, 0.25) is 10.0 Å². The Hall–Kier alpha value is -10.2. The highest BCUT2D eigenvalue weighted by Crippen LogP contribution is 2.71. The second-order valence-corrected chi connectivity index (χ2v) is 30.6. The molecule has 13 aromatic rings. The molecule has 2 N–H and O–H groups in total. The zero-order chi connectivity index (χ0) is 68.9. The van der Waals surface area contributed by atoms with Crippen molar-refractivity contribution in [1.29, 1.82) is 0 Å². The van der Waals surface area contributed by atoms with Crippen molar-refractivity contribution < 1.29 is 10.0 Å². The van der Waals surface area contributed by atoms with Gasteiger partial charge < -0.3 is 10.0 Å². The molecular formula is C92H84BCl2N9O2. The molecule has 10 aliphatic rings. The topological polar surface area (TPSA) is 156 Å². The summed E-state index contributed by atoms with van der Waals surface area (Å²) >= 11 is 12.9. The fourth-order valence-electron chi connectivity index (χ4n) is 20.4. The highest BCUT2D eigenvalue weighted by molar-refractivity contribution is 6.56. The lowest BCUT2D eigenvalue weighted by Gasteiger charge is -2.61. The minimum absolute atomic E-state index is 0. The highest BCUT2D eigenvalue weighted by Gasteiger charge is 2.63. The lowest BCUT2D eigenvalue weighted by atomic mass is 9.43. The van der Waals surface area contributed by atoms with E-state index in [9.17, 15) is 10.0 Å². The number of hydrogen-bond donors (Lipinski definition) is 2. The third-order valence-electron chi connectivity index (χ3n) is 24.1. The van der Waals surface area contributed by atoms with Crippen molar-refractivity contribution >= 4 is 36.0 Å². The van der Waals surface area contributed by atoms with Crippen LogP contribution in [0.25, 0.3) is 113 Å². The van der Waals surface area contributed by atoms with E-state index in [-0.39, 0.29) is 38.8 Å². The van der Waals surface area contributed by atoms with Gasteiger partial charge in [-0.1, -0.05) is 264 Å². The number of nitrogens with zero attached hydrogens (tertiary/aromatic N) is 9. The van der Waals surface area contributed by atoms with Gasteiger partial charge in [0.25, 0.3) is 0 Å². The lowest BCUT2D eigenvalue weighted by Crippen LogP contribution is -2.55. The Morgan fingerprint density at radius 2 is 0.472 bits per heavy atom. The SMILES string of the molecule is C.C.C.Clc1ccc2c(c1)C1(c3cc(Cl)ccc3-2)C2CC3CC(C2)CC1C3.OB(O)c1nc(-c2ccccc2)nc(-c2ccccc2)n1.c1ccc(-c2nc(-c3ccccc3)nc(-c3ccc4c(c3)C3(c5cc(-c6nc(-c7ccccc7)nc(-c7ccccc7)n6)ccc5-4)C4CC5CC(C4)CC3C5)n2)cc1. The molecule has 0 atom stereocenters. The van der Waals surface area contributed by atoms with E-state index in [2.05, 4.69) is 124 Å². The first kappa shape index (κ1) is 70.1. The first-order chi connectivity index (χ1) is 50.6. The summed E-state index contributed by atoms with van der Waals surface area (Å²) in [7, 11) is -1.74. The van der Waals surface area contributed by atoms with E-state index in [1.54, 1.807) is 0 Å². The standard InChI is InChI=1S/C52H40N6.C22H20Cl2.C15H12BN3O2.3CH4/c1-5-13-34(14-6-1)46-53-47(35-15-7-2-8-16-35)56-50(55-46)38-21-23-42-43-24-22-39(31-45(43)52(44(42)30-38)40-26-32-25-33(28-40)29-41(52)27-32)51-57-48(36-17-9-3-10-18-36)54-49(58-51)37-19-11-4-12-20-37;23-16-1-3-18-19-4-2-17(24)11-21(19)22(20(18)10-16)14-6-12-5-13(8-14)9-15(22)7-12;20-16(21)15-18-13(11-7-3-1-4-8-11)17-14(19-15)12-9-5-2-6-10-12;;;/h1-24,30-33,40-41H,25-29H2;1-4,10-15H,5-9H2;1-10,20-21H;3*1H4. The van der Waals surface area contributed by atoms with Gasteiger partial charge in [-0.15, -0.1) is 0 Å². The minimum atomic E-state index is -1.74. The van der Waals surface area contributed by atoms with Crippen molar-refractivity contribution in [3.8, 4) is 113 Å². The molecule has 8 saturated carbocycles. The number of hydrogen-bond acceptors (Lipinski definition) is 11. The first-order valence-corrected chi connectivity index (χ1v) is 37.2. The number of benzene rings is 10. The Morgan fingerprint density at radius 3 is 0.717 bits per heavy atom. The van der Waals surface area contributed by atoms with Crippen LogP contribution in [0.5, 0.6) is 0 Å². The molecule has 3 aromatic heterocycles. The molecular weight excluding hydrogens is 1340 g/mol. The third kappa shape index (κ3) is 12.2. The van der Waals surface area contributed by atoms with Gasteiger partial charge in [0.1, 0.15) is 0 Å². The van der Waals surface area contributed by atoms with Gasteiger partial charge in [-0.3, -0.25) is 0 Å². The van der Waals surface area contributed by atoms with E-state index in [0.29, 0.717) is 58.4 Å². The van der Waals surface area contributed by atoms with Gasteiger partial charge in [0.15, 0.2) is 52.3 Å². The van der Waals surface area contributed by atoms with Gasteiger partial charge >= 0.3 is 7.12 Å². The van der Waals surface area contributed by atoms with Gasteiger partial charge in [-0.25, -0.2) is 44.9 Å². The molecule has 2 spiro atoms. The van der Waals surface area contributed by atoms with Crippen LogP contribution in [0.4, 0.5) is 0 Å². The first-order valence-electron chi connectivity index (χ1n) is 36.4. The van der Waals surface area contributed by atoms with Gasteiger partial charge in [-0.2, -0.15) is 0 Å². The van der Waals surface area contributed by atoms with Crippen molar-refractivity contribution in [1.82, 2.24) is 44.9 Å². The molecule has 8 fully saturated rings. The van der Waals surface area contributed by atoms with Crippen molar-refractivity contribution in [3.63, 3.8) is 0 Å². The summed E-state index contributed by atoms with van der Waals surface area (Å²) in [6.45, 7) is 0. The molecule has 3 heterocycles. The van der Waals surface area contributed by atoms with E-state index < -0.39 is 7.12 Å². The summed E-state index contributed by atoms with van der Waals surface area (Å²) in [5.41, 5.74) is 18.9. The van der Waals surface area contributed by atoms with Crippen LogP contribution in [0.15, 0.2) is 255 Å². The minimum Gasteiger partial charge on any atom is -0.421 e. The fraction of sp³-hybridized carbons (Fsp3) is 0.250. The average Bonchev–Trinajstić information content (AvgIpc) is 1.49. The Labute approximate surface area is 632 Å². The smallest absolute Gasteiger partial charge is 0.421 e. The second kappa shape index (κ2) is 28.6. The van der Waals surface area contributed by atoms with E-state index >= 15 is 0 Å². The molecule has 8 bridgehead atoms. The largest absolute Gasteiger partial charge is 0.528 e. The summed E-state index contributed by atoms with van der Waals surface area (Å²) in [6.07, 6.45) is 13.6. The van der Waals surface area contributed by atoms with Gasteiger partial charge in [0.2, 0.25) is 0 Å². The average molecular weight is 1430 g/mol. The molecule has 0 saturated heterocycles. The third-order valence-corrected chi connectivity index (χ3v) is 24.6. The number of halogens is 2. The predicted molar refractivity (Wildman–Crippen MR) is 430 cm³/mol. The molecule has 0 amide bonds. The van der Waals surface area contributed by atoms with Crippen LogP contribution in [-0.4, -0.2) is 62.0 Å². The van der Waals surface area contributed by atoms with Crippen molar-refractivity contribution in [2.45, 2.75) is 97.3 Å². The Kier molecular flexibility index (Phi) is 18.9. The number of fused-ring (bicyclic) bond motifs is 6. The van der Waals surface area contributed by atoms with E-state index in [4.69, 9.17) is 53.1 Å². The molecule has 526 valence electrons. The Balaban J connectivity index is 0.000000147. The van der Waals surface area contributed by atoms with Gasteiger partial charge in [0, 0.05) is 65.4 Å². The zero-order valence-corrected chi connectivity index (χ0v) is 58.2. The van der Waals surface area contributed by atoms with Crippen LogP contribution >= 0.6 is 23.2 Å². The summed E-state index contributed by atoms with van der Waals surface area (Å²) < 4.78 is 0. The lowest BCUT2D eigenvalue weighted by molar-refractivity contribution is -0.0399. The summed E-state index contributed by atoms with van der Waals surface area (Å²) in [5.74, 6) is 11.2. The van der Waals surface area contributed by atoms with Gasteiger partial charge in [-0.05, 0) is 192 Å². The molecule has 10 aliphatic carbocycles. The molecule has 11 nitrogen and oxygen atoms in total. The van der Waals surface area contributed by atoms with Crippen molar-refractivity contribution in [2.75, 3.05) is 0 Å². The van der Waals surface area contributed by atoms with Crippen LogP contribution in [0, 0.1) is 47.3 Å². The van der Waals surface area contributed by atoms with Crippen LogP contribution in [0.3, 0.4) is 0 Å². The maximum atomic E-state index is 9.37. The Bertz CT molecular complexity index is 4930. The molecule has 0 unspecified atom stereocenters. The maximum Gasteiger partial charge on any atom is 0.528 e. The molecule has 0 aliphatic heterocycles. The molecule has 14 heteroatoms. The second-order valence-electron chi connectivity index (χ2n) is 29.8. The van der Waals surface area contributed by atoms with Gasteiger partial charge in [0.05, 0.1) is 0 Å². The van der Waals surface area contributed by atoms with E-state index in [0.717, 1.165) is 90.1 Å². The number of aromatic nitrogens is 9. The van der Waals surface area contributed by atoms with E-state index in [1.807, 2.05) is 146 Å². The highest BCUT2D eigenvalue weighted by atomic mass is 35.5. The summed E-state index contributed by atoms with van der Waals surface area (Å²) in [5, 5.41) is 20.5. The van der Waals surface area contributed by atoms with Crippen LogP contribution in [-0.2, 0) is 10.8 Å². The van der Waals surface area contributed by atoms with Crippen LogP contribution < -0.4 is 5.72 Å². The van der Waals surface area contributed by atoms with Crippen molar-refractivity contribution in [2.24, 2.45) is 47.3 Å². The molecule has 0 radical (unpaired) electrons. The molecule has 23 rings (SSSR count). The zero-order valence-electron chi connectivity index (χ0n) is 56.7. The normalized spacial score (nSPS) is 20.9. The van der Waals surface area contributed by atoms with Crippen LogP contribution in [0.1, 0.15) is 109 Å². The monoisotopic (exact) mass is 1430 g/mol. The predicted octanol–water partition coefficient (Wildman–Crippen LogP) is 21.3. The quantitative estimate of drug-likeness (QED) is 0.133. The fourth-order valence-corrected chi connectivity index (χ4v) is 20.8. The van der Waals surface area contributed by atoms with Crippen molar-refractivity contribution in [3.05, 3.63) is 287 Å².